The van der Waals surface area contributed by atoms with Crippen molar-refractivity contribution in [3.05, 3.63) is 83.1 Å². The number of rotatable bonds is 8. The molecule has 214 valence electrons. The summed E-state index contributed by atoms with van der Waals surface area (Å²) in [6.45, 7) is 13.3. The molecule has 40 heavy (non-hydrogen) atoms. The Hall–Kier alpha value is -3.36. The normalized spacial score (nSPS) is 12.3. The lowest BCUT2D eigenvalue weighted by Gasteiger charge is -2.36. The minimum Gasteiger partial charge on any atom is -0.459 e. The second-order valence-corrected chi connectivity index (χ2v) is 19.0. The molecular weight excluding hydrogens is 542 g/mol. The molecule has 8 nitrogen and oxygen atoms in total. The van der Waals surface area contributed by atoms with Crippen LogP contribution in [0.4, 0.5) is 5.69 Å². The lowest BCUT2D eigenvalue weighted by molar-refractivity contribution is 0.0991. The standard InChI is InChI=1S/C30H39N3O5SSi/c1-22-14-16-37-27(22)29(35)32-26-11-8-10-23(19-26)12-13-24-18-25(21-31-20-24)28(34)33-39(5,36)17-9-15-38-40(6,7)30(2,3)4/h8,10-11,14,16,18-21,39H,9,15,17H2,1-7H3,(H,32,35)(H,33,34,36). The van der Waals surface area contributed by atoms with Gasteiger partial charge in [-0.15, -0.1) is 10.1 Å². The van der Waals surface area contributed by atoms with Crippen LogP contribution in [0.25, 0.3) is 0 Å². The Balaban J connectivity index is 1.64. The highest BCUT2D eigenvalue weighted by molar-refractivity contribution is 7.99. The molecule has 0 atom stereocenters. The average Bonchev–Trinajstić information content (AvgIpc) is 3.31. The lowest BCUT2D eigenvalue weighted by Crippen LogP contribution is -2.41. The Morgan fingerprint density at radius 2 is 1.88 bits per heavy atom. The molecule has 0 aliphatic heterocycles. The molecule has 0 saturated heterocycles. The highest BCUT2D eigenvalue weighted by Crippen LogP contribution is 2.36. The first-order valence-corrected chi connectivity index (χ1v) is 18.3. The molecule has 0 radical (unpaired) electrons. The van der Waals surface area contributed by atoms with Gasteiger partial charge in [0, 0.05) is 47.1 Å². The zero-order chi connectivity index (χ0) is 29.6. The van der Waals surface area contributed by atoms with E-state index in [1.807, 2.05) is 6.07 Å². The van der Waals surface area contributed by atoms with Crippen molar-refractivity contribution >= 4 is 35.9 Å². The molecule has 0 bridgehead atoms. The molecular formula is C30H39N3O5SSi. The van der Waals surface area contributed by atoms with Crippen molar-refractivity contribution < 1.29 is 23.0 Å². The van der Waals surface area contributed by atoms with Crippen LogP contribution in [-0.4, -0.2) is 48.3 Å². The van der Waals surface area contributed by atoms with E-state index < -0.39 is 24.3 Å². The van der Waals surface area contributed by atoms with Gasteiger partial charge in [-0.25, -0.2) is 0 Å². The molecule has 0 aliphatic rings. The van der Waals surface area contributed by atoms with Crippen LogP contribution in [0.5, 0.6) is 0 Å². The van der Waals surface area contributed by atoms with Crippen molar-refractivity contribution in [3.8, 4) is 11.8 Å². The van der Waals surface area contributed by atoms with E-state index in [0.717, 1.165) is 5.56 Å². The molecule has 0 fully saturated rings. The van der Waals surface area contributed by atoms with E-state index >= 15 is 0 Å². The van der Waals surface area contributed by atoms with Crippen molar-refractivity contribution in [2.45, 2.75) is 52.2 Å². The van der Waals surface area contributed by atoms with Crippen molar-refractivity contribution in [3.63, 3.8) is 0 Å². The van der Waals surface area contributed by atoms with Crippen LogP contribution < -0.4 is 5.32 Å². The second-order valence-electron chi connectivity index (χ2n) is 11.4. The summed E-state index contributed by atoms with van der Waals surface area (Å²) in [5.41, 5.74) is 2.79. The number of pyridine rings is 1. The molecule has 2 amide bonds. The lowest BCUT2D eigenvalue weighted by atomic mass is 10.1. The largest absolute Gasteiger partial charge is 0.459 e. The third-order valence-electron chi connectivity index (χ3n) is 6.83. The summed E-state index contributed by atoms with van der Waals surface area (Å²) in [6, 6.07) is 10.4. The molecule has 0 aliphatic carbocycles. The summed E-state index contributed by atoms with van der Waals surface area (Å²) in [4.78, 5) is 29.4. The molecule has 1 aromatic carbocycles. The predicted molar refractivity (Wildman–Crippen MR) is 165 cm³/mol. The molecule has 0 saturated carbocycles. The van der Waals surface area contributed by atoms with Gasteiger partial charge < -0.3 is 18.7 Å². The summed E-state index contributed by atoms with van der Waals surface area (Å²) in [6.07, 6.45) is 6.72. The maximum absolute atomic E-state index is 12.8. The van der Waals surface area contributed by atoms with E-state index in [2.05, 4.69) is 60.4 Å². The fourth-order valence-electron chi connectivity index (χ4n) is 3.45. The topological polar surface area (TPSA) is 114 Å². The minimum atomic E-state index is -2.80. The molecule has 0 unspecified atom stereocenters. The number of anilines is 1. The number of nitrogens with one attached hydrogen (secondary N) is 1. The molecule has 0 spiro atoms. The molecule has 3 aromatic rings. The quantitative estimate of drug-likeness (QED) is 0.123. The van der Waals surface area contributed by atoms with E-state index in [1.54, 1.807) is 49.7 Å². The summed E-state index contributed by atoms with van der Waals surface area (Å²) in [7, 11) is -4.66. The van der Waals surface area contributed by atoms with E-state index in [0.29, 0.717) is 35.6 Å². The molecule has 2 aromatic heterocycles. The van der Waals surface area contributed by atoms with Crippen LogP contribution in [0.3, 0.4) is 0 Å². The molecule has 3 rings (SSSR count). The van der Waals surface area contributed by atoms with Crippen molar-refractivity contribution in [1.29, 1.82) is 0 Å². The Bertz CT molecular complexity index is 1490. The van der Waals surface area contributed by atoms with Crippen LogP contribution >= 0.6 is 0 Å². The molecule has 10 heteroatoms. The van der Waals surface area contributed by atoms with E-state index in [4.69, 9.17) is 8.84 Å². The summed E-state index contributed by atoms with van der Waals surface area (Å²) >= 11 is 0. The first-order valence-electron chi connectivity index (χ1n) is 13.1. The zero-order valence-corrected chi connectivity index (χ0v) is 26.1. The van der Waals surface area contributed by atoms with Gasteiger partial charge in [-0.3, -0.25) is 14.6 Å². The van der Waals surface area contributed by atoms with E-state index in [9.17, 15) is 14.1 Å². The maximum atomic E-state index is 12.8. The van der Waals surface area contributed by atoms with Gasteiger partial charge >= 0.3 is 0 Å². The number of hydrogen-bond acceptors (Lipinski definition) is 5. The van der Waals surface area contributed by atoms with Gasteiger partial charge in [0.2, 0.25) is 0 Å². The Morgan fingerprint density at radius 3 is 2.55 bits per heavy atom. The fraction of sp³-hybridized carbons (Fsp3) is 0.367. The number of aryl methyl sites for hydroxylation is 1. The minimum absolute atomic E-state index is 0.115. The van der Waals surface area contributed by atoms with Crippen molar-refractivity contribution in [1.82, 2.24) is 4.98 Å². The SMILES string of the molecule is Cc1ccoc1C(=O)Nc1cccc(C#Cc2cncc(C(=O)N=[SH](C)(O)CCCO[Si](C)(C)C(C)(C)C)c2)c1. The number of nitrogens with zero attached hydrogens (tertiary/aromatic N) is 2. The first-order chi connectivity index (χ1) is 18.7. The smallest absolute Gasteiger partial charge is 0.291 e. The van der Waals surface area contributed by atoms with Crippen LogP contribution in [0, 0.1) is 18.8 Å². The third-order valence-corrected chi connectivity index (χ3v) is 13.1. The zero-order valence-electron chi connectivity index (χ0n) is 24.2. The van der Waals surface area contributed by atoms with Crippen LogP contribution in [-0.2, 0) is 14.5 Å². The summed E-state index contributed by atoms with van der Waals surface area (Å²) < 4.78 is 26.4. The highest BCUT2D eigenvalue weighted by atomic mass is 32.3. The van der Waals surface area contributed by atoms with Gasteiger partial charge in [0.25, 0.3) is 11.8 Å². The number of aromatic nitrogens is 1. The maximum Gasteiger partial charge on any atom is 0.291 e. The van der Waals surface area contributed by atoms with Crippen molar-refractivity contribution in [2.75, 3.05) is 23.9 Å². The number of carbonyl (C=O) groups excluding carboxylic acids is 2. The van der Waals surface area contributed by atoms with Gasteiger partial charge in [-0.2, -0.15) is 4.36 Å². The Labute approximate surface area is 239 Å². The van der Waals surface area contributed by atoms with Gasteiger partial charge in [0.1, 0.15) is 0 Å². The summed E-state index contributed by atoms with van der Waals surface area (Å²) in [5.74, 6) is 5.85. The van der Waals surface area contributed by atoms with Crippen molar-refractivity contribution in [2.24, 2.45) is 4.36 Å². The monoisotopic (exact) mass is 581 g/mol. The van der Waals surface area contributed by atoms with Crippen LogP contribution in [0.15, 0.2) is 63.8 Å². The van der Waals surface area contributed by atoms with Gasteiger partial charge in [0.15, 0.2) is 14.1 Å². The Morgan fingerprint density at radius 1 is 1.15 bits per heavy atom. The highest BCUT2D eigenvalue weighted by Gasteiger charge is 2.36. The van der Waals surface area contributed by atoms with E-state index in [1.165, 1.54) is 12.5 Å². The second kappa shape index (κ2) is 12.9. The fourth-order valence-corrected chi connectivity index (χ4v) is 5.87. The number of hydrogen-bond donors (Lipinski definition) is 3. The van der Waals surface area contributed by atoms with E-state index in [-0.39, 0.29) is 22.3 Å². The van der Waals surface area contributed by atoms with Crippen LogP contribution in [0.1, 0.15) is 64.8 Å². The number of benzene rings is 1. The van der Waals surface area contributed by atoms with Gasteiger partial charge in [-0.1, -0.05) is 38.7 Å². The summed E-state index contributed by atoms with van der Waals surface area (Å²) in [5, 5.41) is 2.92. The molecule has 2 heterocycles. The third kappa shape index (κ3) is 8.83. The predicted octanol–water partition coefficient (Wildman–Crippen LogP) is 6.36. The van der Waals surface area contributed by atoms with Gasteiger partial charge in [-0.05, 0) is 68.1 Å². The number of amides is 2. The Kier molecular flexibility index (Phi) is 10.0. The average molecular weight is 582 g/mol. The molecule has 2 N–H and O–H groups in total. The number of furan rings is 1. The number of thiol groups is 1. The number of carbonyl (C=O) groups is 2. The van der Waals surface area contributed by atoms with Crippen LogP contribution in [0.2, 0.25) is 18.1 Å². The van der Waals surface area contributed by atoms with Gasteiger partial charge in [0.05, 0.1) is 11.8 Å². The first kappa shape index (κ1) is 31.2.